The molecule has 0 saturated carbocycles. The number of hydrogen-bond acceptors (Lipinski definition) is 4. The van der Waals surface area contributed by atoms with Crippen molar-refractivity contribution < 1.29 is 4.74 Å². The minimum atomic E-state index is 0.516. The molecule has 1 rings (SSSR count). The first-order chi connectivity index (χ1) is 8.08. The van der Waals surface area contributed by atoms with Crippen molar-refractivity contribution >= 4 is 5.82 Å². The van der Waals surface area contributed by atoms with E-state index in [0.29, 0.717) is 18.4 Å². The molecule has 1 heterocycles. The average molecular weight is 237 g/mol. The minimum absolute atomic E-state index is 0.516. The Morgan fingerprint density at radius 3 is 2.76 bits per heavy atom. The summed E-state index contributed by atoms with van der Waals surface area (Å²) in [5.41, 5.74) is 0. The molecule has 0 unspecified atom stereocenters. The molecule has 0 fully saturated rings. The van der Waals surface area contributed by atoms with E-state index in [0.717, 1.165) is 18.9 Å². The van der Waals surface area contributed by atoms with E-state index in [-0.39, 0.29) is 0 Å². The predicted molar refractivity (Wildman–Crippen MR) is 71.6 cm³/mol. The molecule has 0 amide bonds. The van der Waals surface area contributed by atoms with Crippen LogP contribution in [0.5, 0.6) is 5.88 Å². The van der Waals surface area contributed by atoms with Crippen LogP contribution in [-0.4, -0.2) is 43.7 Å². The highest BCUT2D eigenvalue weighted by Gasteiger charge is 2.00. The fourth-order valence-electron chi connectivity index (χ4n) is 1.25. The summed E-state index contributed by atoms with van der Waals surface area (Å²) in [5.74, 6) is 2.07. The van der Waals surface area contributed by atoms with E-state index in [2.05, 4.69) is 43.1 Å². The number of anilines is 1. The third-order valence-electron chi connectivity index (χ3n) is 2.15. The minimum Gasteiger partial charge on any atom is -0.477 e. The normalized spacial score (nSPS) is 10.9. The fourth-order valence-corrected chi connectivity index (χ4v) is 1.25. The Morgan fingerprint density at radius 1 is 1.35 bits per heavy atom. The van der Waals surface area contributed by atoms with E-state index in [1.807, 2.05) is 18.2 Å². The fraction of sp³-hybridized carbons (Fsp3) is 0.615. The van der Waals surface area contributed by atoms with Crippen LogP contribution < -0.4 is 10.1 Å². The van der Waals surface area contributed by atoms with E-state index >= 15 is 0 Å². The lowest BCUT2D eigenvalue weighted by atomic mass is 10.2. The van der Waals surface area contributed by atoms with Crippen molar-refractivity contribution in [3.63, 3.8) is 0 Å². The van der Waals surface area contributed by atoms with Gasteiger partial charge in [0.15, 0.2) is 0 Å². The van der Waals surface area contributed by atoms with Crippen LogP contribution in [0, 0.1) is 5.92 Å². The van der Waals surface area contributed by atoms with Gasteiger partial charge in [-0.05, 0) is 26.1 Å². The second-order valence-electron chi connectivity index (χ2n) is 4.80. The lowest BCUT2D eigenvalue weighted by Crippen LogP contribution is -2.21. The molecule has 0 aliphatic carbocycles. The maximum absolute atomic E-state index is 5.57. The van der Waals surface area contributed by atoms with Gasteiger partial charge in [0.1, 0.15) is 5.82 Å². The highest BCUT2D eigenvalue weighted by molar-refractivity contribution is 5.36. The van der Waals surface area contributed by atoms with Crippen molar-refractivity contribution in [3.05, 3.63) is 18.2 Å². The van der Waals surface area contributed by atoms with Crippen LogP contribution >= 0.6 is 0 Å². The van der Waals surface area contributed by atoms with Crippen LogP contribution in [0.15, 0.2) is 18.2 Å². The molecule has 0 aliphatic rings. The van der Waals surface area contributed by atoms with Crippen molar-refractivity contribution in [1.82, 2.24) is 9.88 Å². The molecule has 0 spiro atoms. The SMILES string of the molecule is CC(C)COc1cccc(NCCN(C)C)n1. The molecule has 0 aliphatic heterocycles. The predicted octanol–water partition coefficient (Wildman–Crippen LogP) is 2.09. The zero-order valence-electron chi connectivity index (χ0n) is 11.2. The number of likely N-dealkylation sites (N-methyl/N-ethyl adjacent to an activating group) is 1. The number of ether oxygens (including phenoxy) is 1. The molecular weight excluding hydrogens is 214 g/mol. The molecule has 0 atom stereocenters. The largest absolute Gasteiger partial charge is 0.477 e. The lowest BCUT2D eigenvalue weighted by molar-refractivity contribution is 0.261. The van der Waals surface area contributed by atoms with Crippen molar-refractivity contribution in [1.29, 1.82) is 0 Å². The van der Waals surface area contributed by atoms with E-state index in [9.17, 15) is 0 Å². The molecule has 0 bridgehead atoms. The van der Waals surface area contributed by atoms with Crippen molar-refractivity contribution in [2.24, 2.45) is 5.92 Å². The van der Waals surface area contributed by atoms with Gasteiger partial charge in [0.2, 0.25) is 5.88 Å². The van der Waals surface area contributed by atoms with Crippen molar-refractivity contribution in [3.8, 4) is 5.88 Å². The molecular formula is C13H23N3O. The van der Waals surface area contributed by atoms with Gasteiger partial charge in [-0.25, -0.2) is 0 Å². The highest BCUT2D eigenvalue weighted by Crippen LogP contribution is 2.12. The summed E-state index contributed by atoms with van der Waals surface area (Å²) in [6.45, 7) is 6.82. The van der Waals surface area contributed by atoms with Gasteiger partial charge in [0, 0.05) is 19.2 Å². The Kier molecular flexibility index (Phi) is 5.77. The van der Waals surface area contributed by atoms with Gasteiger partial charge in [-0.1, -0.05) is 19.9 Å². The van der Waals surface area contributed by atoms with E-state index in [1.54, 1.807) is 0 Å². The van der Waals surface area contributed by atoms with Gasteiger partial charge in [0.25, 0.3) is 0 Å². The summed E-state index contributed by atoms with van der Waals surface area (Å²) < 4.78 is 5.57. The van der Waals surface area contributed by atoms with Gasteiger partial charge < -0.3 is 15.0 Å². The summed E-state index contributed by atoms with van der Waals surface area (Å²) in [5, 5.41) is 3.27. The van der Waals surface area contributed by atoms with Crippen LogP contribution in [0.3, 0.4) is 0 Å². The number of pyridine rings is 1. The lowest BCUT2D eigenvalue weighted by Gasteiger charge is -2.12. The topological polar surface area (TPSA) is 37.4 Å². The van der Waals surface area contributed by atoms with Crippen LogP contribution in [-0.2, 0) is 0 Å². The summed E-state index contributed by atoms with van der Waals surface area (Å²) in [6.07, 6.45) is 0. The van der Waals surface area contributed by atoms with Gasteiger partial charge in [-0.3, -0.25) is 0 Å². The first kappa shape index (κ1) is 13.8. The summed E-state index contributed by atoms with van der Waals surface area (Å²) in [7, 11) is 4.11. The Balaban J connectivity index is 2.42. The number of nitrogens with one attached hydrogen (secondary N) is 1. The number of hydrogen-bond donors (Lipinski definition) is 1. The summed E-state index contributed by atoms with van der Waals surface area (Å²) in [6, 6.07) is 5.80. The standard InChI is InChI=1S/C13H23N3O/c1-11(2)10-17-13-7-5-6-12(15-13)14-8-9-16(3)4/h5-7,11H,8-10H2,1-4H3,(H,14,15). The summed E-state index contributed by atoms with van der Waals surface area (Å²) in [4.78, 5) is 6.52. The van der Waals surface area contributed by atoms with Crippen LogP contribution in [0.4, 0.5) is 5.82 Å². The van der Waals surface area contributed by atoms with Crippen molar-refractivity contribution in [2.45, 2.75) is 13.8 Å². The highest BCUT2D eigenvalue weighted by atomic mass is 16.5. The smallest absolute Gasteiger partial charge is 0.215 e. The Morgan fingerprint density at radius 2 is 2.12 bits per heavy atom. The van der Waals surface area contributed by atoms with Gasteiger partial charge in [0.05, 0.1) is 6.61 Å². The number of nitrogens with zero attached hydrogens (tertiary/aromatic N) is 2. The molecule has 1 aromatic heterocycles. The van der Waals surface area contributed by atoms with E-state index < -0.39 is 0 Å². The average Bonchev–Trinajstić information content (AvgIpc) is 2.26. The van der Waals surface area contributed by atoms with E-state index in [4.69, 9.17) is 4.74 Å². The third-order valence-corrected chi connectivity index (χ3v) is 2.15. The van der Waals surface area contributed by atoms with Gasteiger partial charge >= 0.3 is 0 Å². The molecule has 0 saturated heterocycles. The maximum Gasteiger partial charge on any atom is 0.215 e. The van der Waals surface area contributed by atoms with Crippen LogP contribution in [0.25, 0.3) is 0 Å². The van der Waals surface area contributed by atoms with Gasteiger partial charge in [-0.2, -0.15) is 4.98 Å². The maximum atomic E-state index is 5.57. The number of aromatic nitrogens is 1. The van der Waals surface area contributed by atoms with Crippen LogP contribution in [0.1, 0.15) is 13.8 Å². The number of rotatable bonds is 7. The molecule has 4 nitrogen and oxygen atoms in total. The first-order valence-electron chi connectivity index (χ1n) is 6.06. The zero-order valence-corrected chi connectivity index (χ0v) is 11.2. The zero-order chi connectivity index (χ0) is 12.7. The molecule has 0 aromatic carbocycles. The molecule has 0 radical (unpaired) electrons. The molecule has 1 aromatic rings. The Hall–Kier alpha value is -1.29. The Labute approximate surface area is 104 Å². The van der Waals surface area contributed by atoms with Gasteiger partial charge in [-0.15, -0.1) is 0 Å². The second kappa shape index (κ2) is 7.12. The quantitative estimate of drug-likeness (QED) is 0.788. The molecule has 96 valence electrons. The monoisotopic (exact) mass is 237 g/mol. The summed E-state index contributed by atoms with van der Waals surface area (Å²) >= 11 is 0. The van der Waals surface area contributed by atoms with Crippen molar-refractivity contribution in [2.75, 3.05) is 39.1 Å². The third kappa shape index (κ3) is 6.12. The van der Waals surface area contributed by atoms with E-state index in [1.165, 1.54) is 0 Å². The molecule has 4 heteroatoms. The molecule has 17 heavy (non-hydrogen) atoms. The van der Waals surface area contributed by atoms with Crippen LogP contribution in [0.2, 0.25) is 0 Å². The Bertz CT molecular complexity index is 326. The molecule has 1 N–H and O–H groups in total. The second-order valence-corrected chi connectivity index (χ2v) is 4.80. The first-order valence-corrected chi connectivity index (χ1v) is 6.06.